The molecule has 0 fully saturated rings. The Morgan fingerprint density at radius 3 is 2.00 bits per heavy atom. The quantitative estimate of drug-likeness (QED) is 0.481. The van der Waals surface area contributed by atoms with E-state index in [0.29, 0.717) is 6.54 Å². The summed E-state index contributed by atoms with van der Waals surface area (Å²) in [5.41, 5.74) is 0. The third-order valence-corrected chi connectivity index (χ3v) is 0.832. The molecule has 7 heavy (non-hydrogen) atoms. The molecule has 0 saturated heterocycles. The van der Waals surface area contributed by atoms with Crippen LogP contribution in [0.15, 0.2) is 0 Å². The van der Waals surface area contributed by atoms with Crippen LogP contribution in [0, 0.1) is 0 Å². The van der Waals surface area contributed by atoms with E-state index in [1.807, 2.05) is 0 Å². The second kappa shape index (κ2) is 2.91. The van der Waals surface area contributed by atoms with E-state index < -0.39 is 6.55 Å². The molecule has 0 N–H and O–H groups in total. The lowest BCUT2D eigenvalue weighted by atomic mass is 10.7. The highest BCUT2D eigenvalue weighted by Gasteiger charge is 2.05. The van der Waals surface area contributed by atoms with E-state index in [-0.39, 0.29) is 0 Å². The van der Waals surface area contributed by atoms with Crippen LogP contribution in [0.2, 0.25) is 0 Å². The molecule has 0 spiro atoms. The van der Waals surface area contributed by atoms with Crippen molar-refractivity contribution in [1.82, 2.24) is 4.90 Å². The lowest BCUT2D eigenvalue weighted by Crippen LogP contribution is -2.23. The number of rotatable bonds is 2. The molecule has 1 nitrogen and oxygen atoms in total. The van der Waals surface area contributed by atoms with E-state index in [0.717, 1.165) is 4.90 Å². The van der Waals surface area contributed by atoms with Crippen molar-refractivity contribution in [2.45, 2.75) is 13.5 Å². The zero-order valence-electron chi connectivity index (χ0n) is 4.49. The highest BCUT2D eigenvalue weighted by Crippen LogP contribution is 1.95. The number of halogens is 2. The molecule has 0 aromatic heterocycles. The molecule has 44 valence electrons. The van der Waals surface area contributed by atoms with Crippen LogP contribution in [0.3, 0.4) is 0 Å². The molecule has 0 atom stereocenters. The van der Waals surface area contributed by atoms with E-state index >= 15 is 0 Å². The van der Waals surface area contributed by atoms with Crippen molar-refractivity contribution < 1.29 is 8.78 Å². The van der Waals surface area contributed by atoms with Gasteiger partial charge in [0, 0.05) is 6.54 Å². The SMILES string of the molecule is CCN(C)C(F)F. The Morgan fingerprint density at radius 1 is 1.57 bits per heavy atom. The third-order valence-electron chi connectivity index (χ3n) is 0.832. The maximum absolute atomic E-state index is 11.4. The smallest absolute Gasteiger partial charge is 0.251 e. The molecule has 0 heterocycles. The Balaban J connectivity index is 3.14. The first-order chi connectivity index (χ1) is 3.18. The van der Waals surface area contributed by atoms with Crippen LogP contribution in [-0.4, -0.2) is 25.0 Å². The van der Waals surface area contributed by atoms with Crippen molar-refractivity contribution in [2.24, 2.45) is 0 Å². The molecule has 0 aliphatic carbocycles. The molecule has 0 rings (SSSR count). The first-order valence-corrected chi connectivity index (χ1v) is 2.17. The summed E-state index contributed by atoms with van der Waals surface area (Å²) in [5, 5.41) is 0. The Morgan fingerprint density at radius 2 is 2.00 bits per heavy atom. The Bertz CT molecular complexity index is 47.0. The third kappa shape index (κ3) is 2.51. The highest BCUT2D eigenvalue weighted by molar-refractivity contribution is 4.37. The van der Waals surface area contributed by atoms with E-state index in [1.54, 1.807) is 6.92 Å². The fourth-order valence-corrected chi connectivity index (χ4v) is 0.138. The average Bonchev–Trinajstić information content (AvgIpc) is 1.65. The van der Waals surface area contributed by atoms with Gasteiger partial charge in [-0.2, -0.15) is 8.78 Å². The van der Waals surface area contributed by atoms with Crippen LogP contribution in [-0.2, 0) is 0 Å². The van der Waals surface area contributed by atoms with Gasteiger partial charge >= 0.3 is 0 Å². The van der Waals surface area contributed by atoms with Gasteiger partial charge in [0.25, 0.3) is 6.55 Å². The molecule has 0 aromatic carbocycles. The van der Waals surface area contributed by atoms with Gasteiger partial charge in [0.05, 0.1) is 0 Å². The predicted octanol–water partition coefficient (Wildman–Crippen LogP) is 1.16. The fourth-order valence-electron chi connectivity index (χ4n) is 0.138. The van der Waals surface area contributed by atoms with Gasteiger partial charge in [-0.15, -0.1) is 0 Å². The summed E-state index contributed by atoms with van der Waals surface area (Å²) in [4.78, 5) is 0.958. The molecule has 0 bridgehead atoms. The largest absolute Gasteiger partial charge is 0.294 e. The minimum absolute atomic E-state index is 0.400. The Hall–Kier alpha value is -0.180. The van der Waals surface area contributed by atoms with Gasteiger partial charge in [-0.25, -0.2) is 0 Å². The van der Waals surface area contributed by atoms with Gasteiger partial charge in [-0.1, -0.05) is 6.92 Å². The van der Waals surface area contributed by atoms with Gasteiger partial charge in [-0.3, -0.25) is 4.90 Å². The fraction of sp³-hybridized carbons (Fsp3) is 1.00. The first-order valence-electron chi connectivity index (χ1n) is 2.17. The summed E-state index contributed by atoms with van der Waals surface area (Å²) in [6.45, 7) is -0.214. The van der Waals surface area contributed by atoms with Crippen molar-refractivity contribution in [2.75, 3.05) is 13.6 Å². The van der Waals surface area contributed by atoms with Gasteiger partial charge in [-0.05, 0) is 7.05 Å². The monoisotopic (exact) mass is 109 g/mol. The average molecular weight is 109 g/mol. The summed E-state index contributed by atoms with van der Waals surface area (Å²) in [5.74, 6) is 0. The van der Waals surface area contributed by atoms with Crippen LogP contribution in [0.1, 0.15) is 6.92 Å². The summed E-state index contributed by atoms with van der Waals surface area (Å²) in [7, 11) is 1.38. The van der Waals surface area contributed by atoms with E-state index in [9.17, 15) is 8.78 Å². The van der Waals surface area contributed by atoms with Crippen molar-refractivity contribution >= 4 is 0 Å². The van der Waals surface area contributed by atoms with E-state index in [2.05, 4.69) is 0 Å². The second-order valence-corrected chi connectivity index (χ2v) is 1.35. The standard InChI is InChI=1S/C4H9F2N/c1-3-7(2)4(5)6/h4H,3H2,1-2H3. The minimum atomic E-state index is -2.30. The minimum Gasteiger partial charge on any atom is -0.251 e. The molecule has 0 aromatic rings. The van der Waals surface area contributed by atoms with Crippen LogP contribution >= 0.6 is 0 Å². The maximum atomic E-state index is 11.4. The maximum Gasteiger partial charge on any atom is 0.294 e. The van der Waals surface area contributed by atoms with Crippen LogP contribution in [0.4, 0.5) is 8.78 Å². The van der Waals surface area contributed by atoms with Gasteiger partial charge < -0.3 is 0 Å². The highest BCUT2D eigenvalue weighted by atomic mass is 19.3. The van der Waals surface area contributed by atoms with Crippen molar-refractivity contribution in [3.8, 4) is 0 Å². The molecule has 0 amide bonds. The van der Waals surface area contributed by atoms with E-state index in [4.69, 9.17) is 0 Å². The van der Waals surface area contributed by atoms with E-state index in [1.165, 1.54) is 7.05 Å². The zero-order valence-corrected chi connectivity index (χ0v) is 4.49. The number of nitrogens with zero attached hydrogens (tertiary/aromatic N) is 1. The lowest BCUT2D eigenvalue weighted by molar-refractivity contribution is -0.00552. The molecular formula is C4H9F2N. The molecule has 3 heteroatoms. The molecule has 0 unspecified atom stereocenters. The molecule has 0 saturated carbocycles. The van der Waals surface area contributed by atoms with Gasteiger partial charge in [0.2, 0.25) is 0 Å². The topological polar surface area (TPSA) is 3.24 Å². The summed E-state index contributed by atoms with van der Waals surface area (Å²) >= 11 is 0. The molecular weight excluding hydrogens is 100 g/mol. The van der Waals surface area contributed by atoms with Gasteiger partial charge in [0.1, 0.15) is 0 Å². The Labute approximate surface area is 41.9 Å². The molecule has 0 aliphatic heterocycles. The predicted molar refractivity (Wildman–Crippen MR) is 24.3 cm³/mol. The number of hydrogen-bond donors (Lipinski definition) is 0. The zero-order chi connectivity index (χ0) is 5.86. The number of alkyl halides is 2. The summed E-state index contributed by atoms with van der Waals surface area (Å²) in [6, 6.07) is 0. The number of hydrogen-bond acceptors (Lipinski definition) is 1. The summed E-state index contributed by atoms with van der Waals surface area (Å²) in [6.07, 6.45) is 0. The van der Waals surface area contributed by atoms with Crippen LogP contribution < -0.4 is 0 Å². The van der Waals surface area contributed by atoms with Crippen LogP contribution in [0.25, 0.3) is 0 Å². The van der Waals surface area contributed by atoms with Crippen LogP contribution in [0.5, 0.6) is 0 Å². The van der Waals surface area contributed by atoms with Crippen molar-refractivity contribution in [1.29, 1.82) is 0 Å². The Kier molecular flexibility index (Phi) is 2.83. The van der Waals surface area contributed by atoms with Crippen molar-refractivity contribution in [3.63, 3.8) is 0 Å². The van der Waals surface area contributed by atoms with Crippen molar-refractivity contribution in [3.05, 3.63) is 0 Å². The normalized spacial score (nSPS) is 11.1. The summed E-state index contributed by atoms with van der Waals surface area (Å²) < 4.78 is 22.7. The lowest BCUT2D eigenvalue weighted by Gasteiger charge is -2.10. The van der Waals surface area contributed by atoms with Gasteiger partial charge in [0.15, 0.2) is 0 Å². The second-order valence-electron chi connectivity index (χ2n) is 1.35. The molecule has 0 radical (unpaired) electrons. The first kappa shape index (κ1) is 6.82. The molecule has 0 aliphatic rings.